The summed E-state index contributed by atoms with van der Waals surface area (Å²) in [6.07, 6.45) is -0.341. The van der Waals surface area contributed by atoms with Crippen LogP contribution in [-0.4, -0.2) is 33.8 Å². The van der Waals surface area contributed by atoms with E-state index in [1.54, 1.807) is 14.2 Å². The van der Waals surface area contributed by atoms with Crippen LogP contribution in [0.15, 0.2) is 42.5 Å². The number of amides is 1. The largest absolute Gasteiger partial charge is 0.497 e. The van der Waals surface area contributed by atoms with Crippen LogP contribution in [0.25, 0.3) is 0 Å². The van der Waals surface area contributed by atoms with Crippen LogP contribution in [0.3, 0.4) is 0 Å². The fraction of sp³-hybridized carbons (Fsp3) is 0.278. The average molecular weight is 333 g/mol. The Morgan fingerprint density at radius 3 is 2.54 bits per heavy atom. The first-order valence-corrected chi connectivity index (χ1v) is 7.37. The minimum Gasteiger partial charge on any atom is -0.497 e. The van der Waals surface area contributed by atoms with Crippen molar-refractivity contribution in [1.29, 1.82) is 0 Å². The van der Waals surface area contributed by atoms with Gasteiger partial charge in [-0.05, 0) is 35.9 Å². The van der Waals surface area contributed by atoms with E-state index in [9.17, 15) is 9.18 Å². The molecule has 0 saturated carbocycles. The van der Waals surface area contributed by atoms with Gasteiger partial charge in [0.15, 0.2) is 11.6 Å². The minimum atomic E-state index is -0.582. The van der Waals surface area contributed by atoms with Gasteiger partial charge in [0, 0.05) is 19.2 Å². The summed E-state index contributed by atoms with van der Waals surface area (Å²) in [6.45, 7) is 0.246. The molecule has 0 saturated heterocycles. The summed E-state index contributed by atoms with van der Waals surface area (Å²) in [7, 11) is 4.51. The quantitative estimate of drug-likeness (QED) is 0.846. The molecule has 0 aliphatic rings. The molecule has 24 heavy (non-hydrogen) atoms. The van der Waals surface area contributed by atoms with Crippen LogP contribution in [0.5, 0.6) is 11.5 Å². The van der Waals surface area contributed by atoms with Crippen LogP contribution in [-0.2, 0) is 4.74 Å². The molecule has 2 rings (SSSR count). The zero-order valence-corrected chi connectivity index (χ0v) is 13.8. The third kappa shape index (κ3) is 4.23. The van der Waals surface area contributed by atoms with Gasteiger partial charge in [-0.1, -0.05) is 12.1 Å². The van der Waals surface area contributed by atoms with Crippen molar-refractivity contribution in [2.45, 2.75) is 6.10 Å². The lowest BCUT2D eigenvalue weighted by atomic mass is 10.1. The first kappa shape index (κ1) is 17.7. The molecule has 0 heterocycles. The lowest BCUT2D eigenvalue weighted by Gasteiger charge is -2.17. The summed E-state index contributed by atoms with van der Waals surface area (Å²) in [4.78, 5) is 12.2. The highest BCUT2D eigenvalue weighted by Gasteiger charge is 2.15. The zero-order valence-electron chi connectivity index (χ0n) is 13.8. The van der Waals surface area contributed by atoms with Gasteiger partial charge in [-0.2, -0.15) is 0 Å². The number of ether oxygens (including phenoxy) is 3. The number of rotatable bonds is 7. The molecule has 6 heteroatoms. The smallest absolute Gasteiger partial charge is 0.251 e. The Hall–Kier alpha value is -2.60. The molecule has 0 bridgehead atoms. The van der Waals surface area contributed by atoms with E-state index in [1.807, 2.05) is 24.3 Å². The van der Waals surface area contributed by atoms with Crippen molar-refractivity contribution in [2.75, 3.05) is 27.9 Å². The second-order valence-corrected chi connectivity index (χ2v) is 5.06. The first-order chi connectivity index (χ1) is 11.6. The molecule has 0 aliphatic carbocycles. The number of halogens is 1. The summed E-state index contributed by atoms with van der Waals surface area (Å²) >= 11 is 0. The first-order valence-electron chi connectivity index (χ1n) is 7.37. The molecule has 0 spiro atoms. The molecular formula is C18H20FNO4. The van der Waals surface area contributed by atoms with Crippen LogP contribution in [0, 0.1) is 5.82 Å². The van der Waals surface area contributed by atoms with Gasteiger partial charge in [0.25, 0.3) is 5.91 Å². The highest BCUT2D eigenvalue weighted by atomic mass is 19.1. The van der Waals surface area contributed by atoms with Crippen molar-refractivity contribution in [2.24, 2.45) is 0 Å². The number of hydrogen-bond acceptors (Lipinski definition) is 4. The van der Waals surface area contributed by atoms with Gasteiger partial charge in [0.1, 0.15) is 5.75 Å². The van der Waals surface area contributed by atoms with Gasteiger partial charge < -0.3 is 19.5 Å². The van der Waals surface area contributed by atoms with Crippen molar-refractivity contribution in [3.63, 3.8) is 0 Å². The van der Waals surface area contributed by atoms with Crippen molar-refractivity contribution < 1.29 is 23.4 Å². The standard InChI is InChI=1S/C18H20FNO4/c1-22-14-6-4-5-12(9-14)17(24-3)11-20-18(21)13-7-8-16(23-2)15(19)10-13/h4-10,17H,11H2,1-3H3,(H,20,21). The topological polar surface area (TPSA) is 56.8 Å². The highest BCUT2D eigenvalue weighted by Crippen LogP contribution is 2.21. The van der Waals surface area contributed by atoms with E-state index < -0.39 is 5.82 Å². The maximum atomic E-state index is 13.7. The molecule has 0 radical (unpaired) electrons. The molecule has 2 aromatic rings. The van der Waals surface area contributed by atoms with Gasteiger partial charge in [-0.25, -0.2) is 4.39 Å². The molecular weight excluding hydrogens is 313 g/mol. The normalized spacial score (nSPS) is 11.7. The molecule has 0 aromatic heterocycles. The summed E-state index contributed by atoms with van der Waals surface area (Å²) in [5.41, 5.74) is 1.09. The van der Waals surface area contributed by atoms with Crippen LogP contribution in [0.4, 0.5) is 4.39 Å². The predicted molar refractivity (Wildman–Crippen MR) is 88.0 cm³/mol. The van der Waals surface area contributed by atoms with Crippen molar-refractivity contribution in [1.82, 2.24) is 5.32 Å². The maximum absolute atomic E-state index is 13.7. The van der Waals surface area contributed by atoms with Crippen molar-refractivity contribution in [3.8, 4) is 11.5 Å². The molecule has 128 valence electrons. The van der Waals surface area contributed by atoms with E-state index in [0.717, 1.165) is 11.6 Å². The van der Waals surface area contributed by atoms with E-state index >= 15 is 0 Å². The van der Waals surface area contributed by atoms with Crippen molar-refractivity contribution in [3.05, 3.63) is 59.4 Å². The summed E-state index contributed by atoms with van der Waals surface area (Å²) in [5.74, 6) is -0.168. The van der Waals surface area contributed by atoms with Crippen LogP contribution >= 0.6 is 0 Å². The number of benzene rings is 2. The SMILES string of the molecule is COc1cccc(C(CNC(=O)c2ccc(OC)c(F)c2)OC)c1. The van der Waals surface area contributed by atoms with Crippen LogP contribution in [0.1, 0.15) is 22.0 Å². The Bertz CT molecular complexity index is 705. The number of methoxy groups -OCH3 is 3. The fourth-order valence-corrected chi connectivity index (χ4v) is 2.27. The lowest BCUT2D eigenvalue weighted by molar-refractivity contribution is 0.0827. The maximum Gasteiger partial charge on any atom is 0.251 e. The van der Waals surface area contributed by atoms with Crippen molar-refractivity contribution >= 4 is 5.91 Å². The van der Waals surface area contributed by atoms with Crippen LogP contribution in [0.2, 0.25) is 0 Å². The molecule has 1 unspecified atom stereocenters. The Labute approximate surface area is 140 Å². The molecule has 2 aromatic carbocycles. The predicted octanol–water partition coefficient (Wildman–Crippen LogP) is 2.96. The van der Waals surface area contributed by atoms with Gasteiger partial charge in [-0.15, -0.1) is 0 Å². The number of carbonyl (C=O) groups is 1. The Morgan fingerprint density at radius 1 is 1.12 bits per heavy atom. The monoisotopic (exact) mass is 333 g/mol. The van der Waals surface area contributed by atoms with Gasteiger partial charge in [-0.3, -0.25) is 4.79 Å². The molecule has 0 aliphatic heterocycles. The van der Waals surface area contributed by atoms with Gasteiger partial charge in [0.2, 0.25) is 0 Å². The fourth-order valence-electron chi connectivity index (χ4n) is 2.27. The summed E-state index contributed by atoms with van der Waals surface area (Å²) in [6, 6.07) is 11.5. The van der Waals surface area contributed by atoms with Gasteiger partial charge in [0.05, 0.1) is 20.3 Å². The van der Waals surface area contributed by atoms with E-state index in [2.05, 4.69) is 5.32 Å². The van der Waals surface area contributed by atoms with Gasteiger partial charge >= 0.3 is 0 Å². The number of hydrogen-bond donors (Lipinski definition) is 1. The second-order valence-electron chi connectivity index (χ2n) is 5.06. The van der Waals surface area contributed by atoms with Crippen LogP contribution < -0.4 is 14.8 Å². The van der Waals surface area contributed by atoms with E-state index in [4.69, 9.17) is 14.2 Å². The number of carbonyl (C=O) groups excluding carboxylic acids is 1. The Balaban J connectivity index is 2.04. The summed E-state index contributed by atoms with van der Waals surface area (Å²) in [5, 5.41) is 2.74. The minimum absolute atomic E-state index is 0.0951. The molecule has 1 atom stereocenters. The molecule has 1 N–H and O–H groups in total. The molecule has 5 nitrogen and oxygen atoms in total. The van der Waals surface area contributed by atoms with E-state index in [1.165, 1.54) is 19.2 Å². The Kier molecular flexibility index (Phi) is 6.14. The lowest BCUT2D eigenvalue weighted by Crippen LogP contribution is -2.29. The average Bonchev–Trinajstić information content (AvgIpc) is 2.62. The third-order valence-corrected chi connectivity index (χ3v) is 3.61. The Morgan fingerprint density at radius 2 is 1.92 bits per heavy atom. The third-order valence-electron chi connectivity index (χ3n) is 3.61. The number of nitrogens with one attached hydrogen (secondary N) is 1. The van der Waals surface area contributed by atoms with E-state index in [0.29, 0.717) is 5.75 Å². The molecule has 1 amide bonds. The molecule has 0 fully saturated rings. The second kappa shape index (κ2) is 8.31. The van der Waals surface area contributed by atoms with E-state index in [-0.39, 0.29) is 29.9 Å². The zero-order chi connectivity index (χ0) is 17.5. The summed E-state index contributed by atoms with van der Waals surface area (Å²) < 4.78 is 29.1. The highest BCUT2D eigenvalue weighted by molar-refractivity contribution is 5.94.